The summed E-state index contributed by atoms with van der Waals surface area (Å²) in [5, 5.41) is 8.54. The van der Waals surface area contributed by atoms with Crippen molar-refractivity contribution in [3.05, 3.63) is 34.6 Å². The molecule has 0 N–H and O–H groups in total. The Kier molecular flexibility index (Phi) is 4.47. The molecule has 0 aliphatic heterocycles. The number of halogens is 2. The Morgan fingerprint density at radius 1 is 1.59 bits per heavy atom. The number of carbonyl (C=O) groups excluding carboxylic acids is 1. The van der Waals surface area contributed by atoms with Crippen LogP contribution < -0.4 is 0 Å². The van der Waals surface area contributed by atoms with E-state index in [1.165, 1.54) is 23.1 Å². The Hall–Kier alpha value is -1.60. The van der Waals surface area contributed by atoms with Crippen molar-refractivity contribution in [1.29, 1.82) is 5.26 Å². The van der Waals surface area contributed by atoms with Gasteiger partial charge in [-0.3, -0.25) is 4.79 Å². The van der Waals surface area contributed by atoms with Crippen LogP contribution in [-0.2, 0) is 0 Å². The third kappa shape index (κ3) is 2.95. The molecule has 1 rings (SSSR count). The molecule has 3 nitrogen and oxygen atoms in total. The largest absolute Gasteiger partial charge is 0.323 e. The second-order valence-corrected chi connectivity index (χ2v) is 4.19. The van der Waals surface area contributed by atoms with Crippen molar-refractivity contribution in [2.75, 3.05) is 6.54 Å². The Morgan fingerprint density at radius 2 is 2.24 bits per heavy atom. The zero-order valence-electron chi connectivity index (χ0n) is 9.58. The number of benzene rings is 1. The monoisotopic (exact) mass is 254 g/mol. The van der Waals surface area contributed by atoms with Crippen LogP contribution >= 0.6 is 11.6 Å². The molecule has 0 saturated heterocycles. The van der Waals surface area contributed by atoms with Gasteiger partial charge in [-0.2, -0.15) is 5.26 Å². The summed E-state index contributed by atoms with van der Waals surface area (Å²) in [6.45, 7) is 3.44. The highest BCUT2D eigenvalue weighted by Crippen LogP contribution is 2.19. The number of rotatable bonds is 3. The minimum absolute atomic E-state index is 0.0809. The van der Waals surface area contributed by atoms with E-state index in [4.69, 9.17) is 16.9 Å². The van der Waals surface area contributed by atoms with Crippen molar-refractivity contribution in [2.45, 2.75) is 19.9 Å². The molecule has 0 aliphatic rings. The van der Waals surface area contributed by atoms with Crippen molar-refractivity contribution in [1.82, 2.24) is 4.90 Å². The maximum absolute atomic E-state index is 13.7. The molecular weight excluding hydrogens is 243 g/mol. The van der Waals surface area contributed by atoms with Gasteiger partial charge in [0.05, 0.1) is 16.7 Å². The molecule has 0 unspecified atom stereocenters. The molecule has 0 fully saturated rings. The molecule has 1 aromatic carbocycles. The van der Waals surface area contributed by atoms with Crippen LogP contribution in [0.1, 0.15) is 24.2 Å². The van der Waals surface area contributed by atoms with Crippen LogP contribution in [0.25, 0.3) is 0 Å². The van der Waals surface area contributed by atoms with Gasteiger partial charge in [0.2, 0.25) is 0 Å². The fraction of sp³-hybridized carbons (Fsp3) is 0.333. The zero-order valence-corrected chi connectivity index (χ0v) is 10.3. The molecule has 0 radical (unpaired) electrons. The molecule has 17 heavy (non-hydrogen) atoms. The molecule has 0 aromatic heterocycles. The molecule has 5 heteroatoms. The van der Waals surface area contributed by atoms with Gasteiger partial charge in [-0.05, 0) is 26.0 Å². The van der Waals surface area contributed by atoms with E-state index in [9.17, 15) is 9.18 Å². The Balaban J connectivity index is 3.11. The highest BCUT2D eigenvalue weighted by Gasteiger charge is 2.22. The number of nitriles is 1. The third-order valence-electron chi connectivity index (χ3n) is 2.31. The first kappa shape index (κ1) is 13.5. The van der Waals surface area contributed by atoms with Gasteiger partial charge in [0.15, 0.2) is 5.82 Å². The average molecular weight is 255 g/mol. The molecule has 0 spiro atoms. The van der Waals surface area contributed by atoms with E-state index >= 15 is 0 Å². The maximum Gasteiger partial charge on any atom is 0.257 e. The van der Waals surface area contributed by atoms with E-state index in [1.807, 2.05) is 6.07 Å². The Labute approximate surface area is 104 Å². The van der Waals surface area contributed by atoms with Crippen LogP contribution in [0, 0.1) is 17.1 Å². The molecule has 0 aliphatic carbocycles. The summed E-state index contributed by atoms with van der Waals surface area (Å²) in [4.78, 5) is 13.3. The summed E-state index contributed by atoms with van der Waals surface area (Å²) in [5.74, 6) is -1.27. The first-order valence-corrected chi connectivity index (χ1v) is 5.48. The summed E-state index contributed by atoms with van der Waals surface area (Å²) in [6.07, 6.45) is 0. The van der Waals surface area contributed by atoms with Crippen LogP contribution in [0.2, 0.25) is 5.02 Å². The molecule has 0 saturated carbocycles. The van der Waals surface area contributed by atoms with Gasteiger partial charge in [0.25, 0.3) is 5.91 Å². The molecule has 0 heterocycles. The highest BCUT2D eigenvalue weighted by atomic mass is 35.5. The van der Waals surface area contributed by atoms with Crippen LogP contribution in [0.5, 0.6) is 0 Å². The summed E-state index contributed by atoms with van der Waals surface area (Å²) < 4.78 is 13.7. The van der Waals surface area contributed by atoms with Crippen molar-refractivity contribution in [3.63, 3.8) is 0 Å². The number of nitrogens with zero attached hydrogens (tertiary/aromatic N) is 2. The Bertz CT molecular complexity index is 468. The van der Waals surface area contributed by atoms with Crippen LogP contribution in [0.4, 0.5) is 4.39 Å². The van der Waals surface area contributed by atoms with Crippen molar-refractivity contribution >= 4 is 17.5 Å². The predicted molar refractivity (Wildman–Crippen MR) is 63.2 cm³/mol. The predicted octanol–water partition coefficient (Wildman–Crippen LogP) is 2.85. The molecular formula is C12H12ClFN2O. The van der Waals surface area contributed by atoms with E-state index < -0.39 is 11.7 Å². The summed E-state index contributed by atoms with van der Waals surface area (Å²) in [6, 6.07) is 5.94. The fourth-order valence-electron chi connectivity index (χ4n) is 1.39. The number of hydrogen-bond acceptors (Lipinski definition) is 2. The van der Waals surface area contributed by atoms with Gasteiger partial charge in [-0.25, -0.2) is 4.39 Å². The average Bonchev–Trinajstić information content (AvgIpc) is 2.28. The summed E-state index contributed by atoms with van der Waals surface area (Å²) in [5.41, 5.74) is -0.110. The quantitative estimate of drug-likeness (QED) is 0.779. The van der Waals surface area contributed by atoms with Gasteiger partial charge >= 0.3 is 0 Å². The Morgan fingerprint density at radius 3 is 2.76 bits per heavy atom. The van der Waals surface area contributed by atoms with Crippen molar-refractivity contribution in [3.8, 4) is 6.07 Å². The summed E-state index contributed by atoms with van der Waals surface area (Å²) in [7, 11) is 0. The van der Waals surface area contributed by atoms with Crippen LogP contribution in [0.3, 0.4) is 0 Å². The van der Waals surface area contributed by atoms with Crippen molar-refractivity contribution in [2.24, 2.45) is 0 Å². The molecule has 1 aromatic rings. The number of hydrogen-bond donors (Lipinski definition) is 0. The van der Waals surface area contributed by atoms with Crippen LogP contribution in [-0.4, -0.2) is 23.4 Å². The van der Waals surface area contributed by atoms with E-state index in [1.54, 1.807) is 13.8 Å². The first-order valence-electron chi connectivity index (χ1n) is 5.11. The lowest BCUT2D eigenvalue weighted by Crippen LogP contribution is -2.37. The minimum atomic E-state index is -0.747. The van der Waals surface area contributed by atoms with Crippen molar-refractivity contribution < 1.29 is 9.18 Å². The highest BCUT2D eigenvalue weighted by molar-refractivity contribution is 6.31. The lowest BCUT2D eigenvalue weighted by atomic mass is 10.1. The smallest absolute Gasteiger partial charge is 0.257 e. The normalized spacial score (nSPS) is 10.1. The zero-order chi connectivity index (χ0) is 13.0. The lowest BCUT2D eigenvalue weighted by molar-refractivity contribution is 0.0726. The number of carbonyl (C=O) groups is 1. The second kappa shape index (κ2) is 5.65. The van der Waals surface area contributed by atoms with E-state index in [2.05, 4.69) is 0 Å². The second-order valence-electron chi connectivity index (χ2n) is 3.79. The molecule has 1 amide bonds. The lowest BCUT2D eigenvalue weighted by Gasteiger charge is -2.24. The van der Waals surface area contributed by atoms with Gasteiger partial charge in [-0.15, -0.1) is 0 Å². The third-order valence-corrected chi connectivity index (χ3v) is 2.60. The number of amides is 1. The molecule has 0 bridgehead atoms. The standard InChI is InChI=1S/C12H12ClFN2O/c1-8(2)16(7-6-15)12(17)9-4-3-5-10(13)11(9)14/h3-5,8H,7H2,1-2H3. The van der Waals surface area contributed by atoms with E-state index in [0.717, 1.165) is 0 Å². The van der Waals surface area contributed by atoms with Crippen LogP contribution in [0.15, 0.2) is 18.2 Å². The minimum Gasteiger partial charge on any atom is -0.323 e. The van der Waals surface area contributed by atoms with Gasteiger partial charge in [-0.1, -0.05) is 17.7 Å². The van der Waals surface area contributed by atoms with E-state index in [-0.39, 0.29) is 23.2 Å². The summed E-state index contributed by atoms with van der Waals surface area (Å²) >= 11 is 5.61. The SMILES string of the molecule is CC(C)N(CC#N)C(=O)c1cccc(Cl)c1F. The fourth-order valence-corrected chi connectivity index (χ4v) is 1.56. The first-order chi connectivity index (χ1) is 7.99. The van der Waals surface area contributed by atoms with Gasteiger partial charge in [0, 0.05) is 6.04 Å². The maximum atomic E-state index is 13.7. The van der Waals surface area contributed by atoms with Gasteiger partial charge in [0.1, 0.15) is 6.54 Å². The van der Waals surface area contributed by atoms with E-state index in [0.29, 0.717) is 0 Å². The topological polar surface area (TPSA) is 44.1 Å². The molecule has 0 atom stereocenters. The molecule has 90 valence electrons. The van der Waals surface area contributed by atoms with Gasteiger partial charge < -0.3 is 4.90 Å².